The summed E-state index contributed by atoms with van der Waals surface area (Å²) < 4.78 is 0. The number of Topliss-reactive ketones (excluding diaryl/α,β-unsaturated/α-hetero) is 1. The first-order valence-electron chi connectivity index (χ1n) is 3.35. The average Bonchev–Trinajstić information content (AvgIpc) is 1.88. The summed E-state index contributed by atoms with van der Waals surface area (Å²) >= 11 is 0. The van der Waals surface area contributed by atoms with Gasteiger partial charge in [-0.25, -0.2) is 0 Å². The van der Waals surface area contributed by atoms with Crippen molar-refractivity contribution in [2.75, 3.05) is 0 Å². The van der Waals surface area contributed by atoms with Gasteiger partial charge in [0.15, 0.2) is 5.78 Å². The summed E-state index contributed by atoms with van der Waals surface area (Å²) in [5.41, 5.74) is 0.748. The van der Waals surface area contributed by atoms with E-state index in [2.05, 4.69) is 5.32 Å². The molecular formula is C8H11NO. The van der Waals surface area contributed by atoms with E-state index in [4.69, 9.17) is 0 Å². The topological polar surface area (TPSA) is 29.1 Å². The molecule has 1 heterocycles. The highest BCUT2D eigenvalue weighted by molar-refractivity contribution is 5.96. The summed E-state index contributed by atoms with van der Waals surface area (Å²) in [5.74, 6) is 0.107. The van der Waals surface area contributed by atoms with E-state index < -0.39 is 0 Å². The molecule has 54 valence electrons. The van der Waals surface area contributed by atoms with Gasteiger partial charge in [-0.3, -0.25) is 4.79 Å². The molecule has 10 heavy (non-hydrogen) atoms. The number of carbonyl (C=O) groups excluding carboxylic acids is 1. The van der Waals surface area contributed by atoms with E-state index in [0.29, 0.717) is 6.04 Å². The largest absolute Gasteiger partial charge is 0.384 e. The van der Waals surface area contributed by atoms with Gasteiger partial charge in [-0.1, -0.05) is 12.2 Å². The molecule has 1 aliphatic heterocycles. The number of dihydropyridines is 1. The summed E-state index contributed by atoms with van der Waals surface area (Å²) in [7, 11) is 0. The summed E-state index contributed by atoms with van der Waals surface area (Å²) in [6, 6.07) is 0.350. The van der Waals surface area contributed by atoms with Crippen LogP contribution in [0.2, 0.25) is 0 Å². The SMILES string of the molecule is CC(=O)C1=CNC(C)C=C1. The molecule has 2 nitrogen and oxygen atoms in total. The maximum Gasteiger partial charge on any atom is 0.161 e. The molecule has 1 aliphatic rings. The van der Waals surface area contributed by atoms with Crippen molar-refractivity contribution >= 4 is 5.78 Å². The third-order valence-corrected chi connectivity index (χ3v) is 1.47. The van der Waals surface area contributed by atoms with E-state index in [1.54, 1.807) is 13.1 Å². The predicted octanol–water partition coefficient (Wildman–Crippen LogP) is 1.01. The van der Waals surface area contributed by atoms with E-state index >= 15 is 0 Å². The molecule has 0 spiro atoms. The zero-order valence-electron chi connectivity index (χ0n) is 6.22. The van der Waals surface area contributed by atoms with Crippen LogP contribution in [0.15, 0.2) is 23.9 Å². The smallest absolute Gasteiger partial charge is 0.161 e. The van der Waals surface area contributed by atoms with Crippen molar-refractivity contribution in [2.45, 2.75) is 19.9 Å². The number of hydrogen-bond donors (Lipinski definition) is 1. The minimum absolute atomic E-state index is 0.107. The van der Waals surface area contributed by atoms with Gasteiger partial charge in [-0.05, 0) is 13.8 Å². The summed E-state index contributed by atoms with van der Waals surface area (Å²) in [6.07, 6.45) is 5.58. The Balaban J connectivity index is 2.67. The van der Waals surface area contributed by atoms with E-state index in [0.717, 1.165) is 5.57 Å². The molecule has 1 N–H and O–H groups in total. The molecular weight excluding hydrogens is 126 g/mol. The zero-order valence-corrected chi connectivity index (χ0v) is 6.22. The van der Waals surface area contributed by atoms with E-state index in [9.17, 15) is 4.79 Å². The van der Waals surface area contributed by atoms with Crippen LogP contribution >= 0.6 is 0 Å². The van der Waals surface area contributed by atoms with Gasteiger partial charge in [-0.15, -0.1) is 0 Å². The minimum Gasteiger partial charge on any atom is -0.384 e. The molecule has 2 heteroatoms. The minimum atomic E-state index is 0.107. The van der Waals surface area contributed by atoms with Crippen LogP contribution in [0.3, 0.4) is 0 Å². The fraction of sp³-hybridized carbons (Fsp3) is 0.375. The molecule has 0 radical (unpaired) electrons. The van der Waals surface area contributed by atoms with Crippen LogP contribution in [-0.4, -0.2) is 11.8 Å². The second kappa shape index (κ2) is 2.69. The quantitative estimate of drug-likeness (QED) is 0.584. The maximum absolute atomic E-state index is 10.7. The zero-order chi connectivity index (χ0) is 7.56. The van der Waals surface area contributed by atoms with Crippen molar-refractivity contribution in [3.63, 3.8) is 0 Å². The molecule has 0 bridgehead atoms. The molecule has 0 amide bonds. The fourth-order valence-corrected chi connectivity index (χ4v) is 0.792. The summed E-state index contributed by atoms with van der Waals surface area (Å²) in [4.78, 5) is 10.7. The number of allylic oxidation sites excluding steroid dienone is 2. The second-order valence-corrected chi connectivity index (χ2v) is 2.47. The first-order chi connectivity index (χ1) is 4.70. The highest BCUT2D eigenvalue weighted by Gasteiger charge is 2.04. The van der Waals surface area contributed by atoms with Gasteiger partial charge in [0.2, 0.25) is 0 Å². The Hall–Kier alpha value is -1.05. The molecule has 1 unspecified atom stereocenters. The molecule has 0 saturated carbocycles. The van der Waals surface area contributed by atoms with Crippen LogP contribution in [0.25, 0.3) is 0 Å². The lowest BCUT2D eigenvalue weighted by molar-refractivity contribution is -0.113. The van der Waals surface area contributed by atoms with Crippen LogP contribution in [0.5, 0.6) is 0 Å². The number of nitrogens with one attached hydrogen (secondary N) is 1. The van der Waals surface area contributed by atoms with E-state index in [-0.39, 0.29) is 5.78 Å². The van der Waals surface area contributed by atoms with Gasteiger partial charge < -0.3 is 5.32 Å². The van der Waals surface area contributed by atoms with E-state index in [1.165, 1.54) is 0 Å². The Kier molecular flexibility index (Phi) is 1.90. The van der Waals surface area contributed by atoms with Crippen molar-refractivity contribution in [1.29, 1.82) is 0 Å². The molecule has 0 aromatic heterocycles. The van der Waals surface area contributed by atoms with Crippen molar-refractivity contribution < 1.29 is 4.79 Å². The lowest BCUT2D eigenvalue weighted by Crippen LogP contribution is -2.22. The monoisotopic (exact) mass is 137 g/mol. The average molecular weight is 137 g/mol. The van der Waals surface area contributed by atoms with Crippen molar-refractivity contribution in [1.82, 2.24) is 5.32 Å². The van der Waals surface area contributed by atoms with Gasteiger partial charge in [-0.2, -0.15) is 0 Å². The Labute approximate surface area is 60.6 Å². The van der Waals surface area contributed by atoms with Crippen molar-refractivity contribution in [3.8, 4) is 0 Å². The van der Waals surface area contributed by atoms with Gasteiger partial charge in [0, 0.05) is 17.8 Å². The summed E-state index contributed by atoms with van der Waals surface area (Å²) in [6.45, 7) is 3.59. The number of rotatable bonds is 1. The Morgan fingerprint density at radius 1 is 1.70 bits per heavy atom. The van der Waals surface area contributed by atoms with Gasteiger partial charge in [0.05, 0.1) is 0 Å². The predicted molar refractivity (Wildman–Crippen MR) is 40.5 cm³/mol. The van der Waals surface area contributed by atoms with E-state index in [1.807, 2.05) is 19.1 Å². The van der Waals surface area contributed by atoms with Crippen LogP contribution in [0, 0.1) is 0 Å². The number of ketones is 1. The van der Waals surface area contributed by atoms with Crippen LogP contribution in [-0.2, 0) is 4.79 Å². The Morgan fingerprint density at radius 3 is 2.80 bits per heavy atom. The first kappa shape index (κ1) is 7.06. The molecule has 0 aromatic rings. The molecule has 1 atom stereocenters. The van der Waals surface area contributed by atoms with Gasteiger partial charge in [0.1, 0.15) is 0 Å². The standard InChI is InChI=1S/C8H11NO/c1-6-3-4-8(5-9-6)7(2)10/h3-6,9H,1-2H3. The lowest BCUT2D eigenvalue weighted by atomic mass is 10.1. The number of hydrogen-bond acceptors (Lipinski definition) is 2. The number of carbonyl (C=O) groups is 1. The maximum atomic E-state index is 10.7. The normalized spacial score (nSPS) is 23.4. The highest BCUT2D eigenvalue weighted by Crippen LogP contribution is 2.03. The fourth-order valence-electron chi connectivity index (χ4n) is 0.792. The van der Waals surface area contributed by atoms with Crippen LogP contribution in [0.4, 0.5) is 0 Å². The third-order valence-electron chi connectivity index (χ3n) is 1.47. The second-order valence-electron chi connectivity index (χ2n) is 2.47. The van der Waals surface area contributed by atoms with Gasteiger partial charge >= 0.3 is 0 Å². The summed E-state index contributed by atoms with van der Waals surface area (Å²) in [5, 5.41) is 3.04. The molecule has 1 rings (SSSR count). The molecule has 0 aliphatic carbocycles. The van der Waals surface area contributed by atoms with Gasteiger partial charge in [0.25, 0.3) is 0 Å². The highest BCUT2D eigenvalue weighted by atomic mass is 16.1. The first-order valence-corrected chi connectivity index (χ1v) is 3.35. The molecule has 0 aromatic carbocycles. The molecule has 0 saturated heterocycles. The van der Waals surface area contributed by atoms with Crippen LogP contribution < -0.4 is 5.32 Å². The lowest BCUT2D eigenvalue weighted by Gasteiger charge is -2.11. The van der Waals surface area contributed by atoms with Crippen molar-refractivity contribution in [3.05, 3.63) is 23.9 Å². The molecule has 0 fully saturated rings. The van der Waals surface area contributed by atoms with Crippen molar-refractivity contribution in [2.24, 2.45) is 0 Å². The Bertz CT molecular complexity index is 203. The Morgan fingerprint density at radius 2 is 2.40 bits per heavy atom. The van der Waals surface area contributed by atoms with Crippen LogP contribution in [0.1, 0.15) is 13.8 Å². The third kappa shape index (κ3) is 1.47.